The maximum absolute atomic E-state index is 4.10. The van der Waals surface area contributed by atoms with Crippen molar-refractivity contribution in [1.82, 2.24) is 4.57 Å². The third kappa shape index (κ3) is 3.70. The predicted octanol–water partition coefficient (Wildman–Crippen LogP) is 10.4. The van der Waals surface area contributed by atoms with E-state index in [0.717, 1.165) is 12.1 Å². The highest BCUT2D eigenvalue weighted by Gasteiger charge is 2.20. The number of hydrogen-bond donors (Lipinski definition) is 0. The predicted molar refractivity (Wildman–Crippen MR) is 170 cm³/mol. The first-order chi connectivity index (χ1) is 19.3. The van der Waals surface area contributed by atoms with Gasteiger partial charge in [-0.3, -0.25) is 0 Å². The quantitative estimate of drug-likeness (QED) is 0.164. The van der Waals surface area contributed by atoms with E-state index in [0.29, 0.717) is 0 Å². The van der Waals surface area contributed by atoms with Crippen LogP contribution >= 0.6 is 0 Å². The lowest BCUT2D eigenvalue weighted by Gasteiger charge is -2.13. The Morgan fingerprint density at radius 3 is 2.05 bits per heavy atom. The van der Waals surface area contributed by atoms with Gasteiger partial charge >= 0.3 is 0 Å². The minimum atomic E-state index is 0.878. The molecule has 186 valence electrons. The van der Waals surface area contributed by atoms with Crippen LogP contribution in [0, 0.1) is 6.92 Å². The molecule has 0 unspecified atom stereocenters. The molecule has 0 saturated heterocycles. The largest absolute Gasteiger partial charge is 0.308 e. The second-order valence-electron chi connectivity index (χ2n) is 10.2. The molecule has 0 aliphatic heterocycles. The van der Waals surface area contributed by atoms with Crippen molar-refractivity contribution in [1.29, 1.82) is 0 Å². The van der Waals surface area contributed by atoms with Crippen LogP contribution in [-0.4, -0.2) is 4.57 Å². The van der Waals surface area contributed by atoms with E-state index < -0.39 is 0 Å². The fraction of sp³-hybridized carbons (Fsp3) is 0.0526. The van der Waals surface area contributed by atoms with Crippen LogP contribution in [0.5, 0.6) is 0 Å². The Labute approximate surface area is 228 Å². The summed E-state index contributed by atoms with van der Waals surface area (Å²) in [5.74, 6) is 0. The zero-order valence-electron chi connectivity index (χ0n) is 22.1. The van der Waals surface area contributed by atoms with Crippen molar-refractivity contribution in [2.75, 3.05) is 0 Å². The second kappa shape index (κ2) is 9.45. The van der Waals surface area contributed by atoms with Crippen molar-refractivity contribution in [3.63, 3.8) is 0 Å². The molecule has 0 fully saturated rings. The van der Waals surface area contributed by atoms with Crippen LogP contribution in [0.4, 0.5) is 0 Å². The summed E-state index contributed by atoms with van der Waals surface area (Å²) in [5, 5.41) is 10.2. The van der Waals surface area contributed by atoms with Gasteiger partial charge in [-0.25, -0.2) is 0 Å². The minimum Gasteiger partial charge on any atom is -0.308 e. The van der Waals surface area contributed by atoms with Gasteiger partial charge in [-0.1, -0.05) is 128 Å². The molecule has 1 nitrogen and oxygen atoms in total. The third-order valence-corrected chi connectivity index (χ3v) is 7.96. The van der Waals surface area contributed by atoms with Gasteiger partial charge in [0.05, 0.1) is 11.0 Å². The van der Waals surface area contributed by atoms with E-state index in [1.165, 1.54) is 65.3 Å². The first kappa shape index (κ1) is 23.3. The lowest BCUT2D eigenvalue weighted by Crippen LogP contribution is -1.97. The topological polar surface area (TPSA) is 4.93 Å². The van der Waals surface area contributed by atoms with Crippen LogP contribution in [0.2, 0.25) is 0 Å². The molecule has 0 amide bonds. The van der Waals surface area contributed by atoms with Crippen LogP contribution in [0.1, 0.15) is 11.1 Å². The lowest BCUT2D eigenvalue weighted by atomic mass is 9.96. The average Bonchev–Trinajstić information content (AvgIpc) is 3.34. The number of aromatic nitrogens is 1. The number of benzene rings is 6. The van der Waals surface area contributed by atoms with E-state index in [2.05, 4.69) is 145 Å². The molecule has 1 heterocycles. The highest BCUT2D eigenvalue weighted by Crippen LogP contribution is 2.44. The van der Waals surface area contributed by atoms with E-state index in [-0.39, 0.29) is 0 Å². The number of rotatable bonds is 5. The van der Waals surface area contributed by atoms with E-state index in [4.69, 9.17) is 0 Å². The van der Waals surface area contributed by atoms with Gasteiger partial charge in [0.25, 0.3) is 0 Å². The maximum atomic E-state index is 4.10. The molecule has 0 saturated carbocycles. The summed E-state index contributed by atoms with van der Waals surface area (Å²) in [5.41, 5.74) is 6.24. The summed E-state index contributed by atoms with van der Waals surface area (Å²) in [7, 11) is 0. The molecule has 0 radical (unpaired) electrons. The molecular formula is C38H29N. The van der Waals surface area contributed by atoms with Crippen LogP contribution in [0.25, 0.3) is 59.8 Å². The molecule has 1 aromatic heterocycles. The Kier molecular flexibility index (Phi) is 5.64. The zero-order valence-corrected chi connectivity index (χ0v) is 22.1. The summed E-state index contributed by atoms with van der Waals surface area (Å²) in [4.78, 5) is 0. The minimum absolute atomic E-state index is 0.878. The van der Waals surface area contributed by atoms with Crippen LogP contribution in [0.15, 0.2) is 140 Å². The molecular weight excluding hydrogens is 470 g/mol. The number of hydrogen-bond acceptors (Lipinski definition) is 0. The molecule has 6 aromatic carbocycles. The van der Waals surface area contributed by atoms with Crippen LogP contribution in [0.3, 0.4) is 0 Å². The number of aryl methyl sites for hydroxylation is 1. The molecule has 7 rings (SSSR count). The SMILES string of the molecule is C=C/C=C(\C=C/Cc1ccccc1C)n1c2c3ccccc3ccc2c2c3ccccc3c3ccccc3c21. The summed E-state index contributed by atoms with van der Waals surface area (Å²) < 4.78 is 2.47. The molecule has 0 aliphatic carbocycles. The van der Waals surface area contributed by atoms with Gasteiger partial charge in [0.15, 0.2) is 0 Å². The monoisotopic (exact) mass is 499 g/mol. The molecule has 0 spiro atoms. The fourth-order valence-corrected chi connectivity index (χ4v) is 6.17. The fourth-order valence-electron chi connectivity index (χ4n) is 6.17. The van der Waals surface area contributed by atoms with Crippen LogP contribution < -0.4 is 0 Å². The lowest BCUT2D eigenvalue weighted by molar-refractivity contribution is 1.20. The van der Waals surface area contributed by atoms with Crippen molar-refractivity contribution >= 4 is 59.8 Å². The van der Waals surface area contributed by atoms with Gasteiger partial charge in [0, 0.05) is 27.2 Å². The summed E-state index contributed by atoms with van der Waals surface area (Å²) in [6.45, 7) is 6.28. The smallest absolute Gasteiger partial charge is 0.0626 e. The average molecular weight is 500 g/mol. The first-order valence-electron chi connectivity index (χ1n) is 13.6. The van der Waals surface area contributed by atoms with Gasteiger partial charge < -0.3 is 4.57 Å². The summed E-state index contributed by atoms with van der Waals surface area (Å²) >= 11 is 0. The van der Waals surface area contributed by atoms with Crippen LogP contribution in [-0.2, 0) is 6.42 Å². The molecule has 0 atom stereocenters. The molecule has 0 N–H and O–H groups in total. The van der Waals surface area contributed by atoms with Gasteiger partial charge in [-0.2, -0.15) is 0 Å². The van der Waals surface area contributed by atoms with E-state index >= 15 is 0 Å². The molecule has 39 heavy (non-hydrogen) atoms. The van der Waals surface area contributed by atoms with Gasteiger partial charge in [0.2, 0.25) is 0 Å². The normalized spacial score (nSPS) is 12.5. The Morgan fingerprint density at radius 2 is 1.28 bits per heavy atom. The third-order valence-electron chi connectivity index (χ3n) is 7.96. The standard InChI is InChI=1S/C38H29N/c1-3-13-29(18-12-17-27-15-5-4-14-26(27)2)39-37-30-19-7-6-16-28(30)24-25-35(37)36-33-22-10-8-20-31(33)32-21-9-11-23-34(32)38(36)39/h3-16,18-25H,1,17H2,2H3/b18-12-,29-13+. The second-order valence-corrected chi connectivity index (χ2v) is 10.2. The van der Waals surface area contributed by atoms with Crippen molar-refractivity contribution < 1.29 is 0 Å². The summed E-state index contributed by atoms with van der Waals surface area (Å²) in [6, 6.07) is 39.5. The first-order valence-corrected chi connectivity index (χ1v) is 13.6. The number of fused-ring (bicyclic) bond motifs is 10. The molecule has 7 aromatic rings. The van der Waals surface area contributed by atoms with Gasteiger partial charge in [-0.15, -0.1) is 0 Å². The Morgan fingerprint density at radius 1 is 0.641 bits per heavy atom. The Bertz CT molecular complexity index is 2120. The van der Waals surface area contributed by atoms with Crippen molar-refractivity contribution in [2.45, 2.75) is 13.3 Å². The van der Waals surface area contributed by atoms with Gasteiger partial charge in [0.1, 0.15) is 0 Å². The highest BCUT2D eigenvalue weighted by atomic mass is 15.0. The van der Waals surface area contributed by atoms with Gasteiger partial charge in [-0.05, 0) is 58.2 Å². The number of nitrogens with zero attached hydrogens (tertiary/aromatic N) is 1. The van der Waals surface area contributed by atoms with Crippen molar-refractivity contribution in [3.05, 3.63) is 151 Å². The molecule has 0 bridgehead atoms. The van der Waals surface area contributed by atoms with Crippen molar-refractivity contribution in [2.24, 2.45) is 0 Å². The molecule has 0 aliphatic rings. The zero-order chi connectivity index (χ0) is 26.3. The molecule has 1 heteroatoms. The number of allylic oxidation sites excluding steroid dienone is 5. The van der Waals surface area contributed by atoms with E-state index in [1.807, 2.05) is 6.08 Å². The van der Waals surface area contributed by atoms with Crippen molar-refractivity contribution in [3.8, 4) is 0 Å². The Hall–Kier alpha value is -4.88. The Balaban J connectivity index is 1.63. The summed E-state index contributed by atoms with van der Waals surface area (Å²) in [6.07, 6.45) is 9.46. The maximum Gasteiger partial charge on any atom is 0.0626 e. The van der Waals surface area contributed by atoms with E-state index in [1.54, 1.807) is 0 Å². The highest BCUT2D eigenvalue weighted by molar-refractivity contribution is 6.34. The van der Waals surface area contributed by atoms with E-state index in [9.17, 15) is 0 Å².